The van der Waals surface area contributed by atoms with Crippen molar-refractivity contribution in [2.24, 2.45) is 18.0 Å². The van der Waals surface area contributed by atoms with Crippen LogP contribution in [0.25, 0.3) is 0 Å². The predicted octanol–water partition coefficient (Wildman–Crippen LogP) is 2.09. The van der Waals surface area contributed by atoms with Crippen LogP contribution in [0.2, 0.25) is 0 Å². The number of hydrogen-bond acceptors (Lipinski definition) is 4. The standard InChI is InChI=1S/C17H24N6O.HI/c1-18-17(20-10-16-22-21-12-23(16)2)19-9-14-5-3-4-6-15(14)24-11-13-7-8-13;/h3-6,12-13H,7-11H2,1-2H3,(H2,18,19,20);1H. The molecule has 1 aromatic heterocycles. The summed E-state index contributed by atoms with van der Waals surface area (Å²) < 4.78 is 7.82. The number of hydrogen-bond donors (Lipinski definition) is 2. The van der Waals surface area contributed by atoms with Crippen molar-refractivity contribution < 1.29 is 4.74 Å². The molecule has 0 unspecified atom stereocenters. The lowest BCUT2D eigenvalue weighted by molar-refractivity contribution is 0.296. The van der Waals surface area contributed by atoms with Crippen molar-refractivity contribution >= 4 is 29.9 Å². The summed E-state index contributed by atoms with van der Waals surface area (Å²) in [5, 5.41) is 14.5. The molecular weight excluding hydrogens is 431 g/mol. The fourth-order valence-electron chi connectivity index (χ4n) is 2.31. The van der Waals surface area contributed by atoms with Gasteiger partial charge in [-0.05, 0) is 24.8 Å². The Labute approximate surface area is 165 Å². The van der Waals surface area contributed by atoms with Crippen molar-refractivity contribution in [3.63, 3.8) is 0 Å². The number of aliphatic imine (C=N–C) groups is 1. The van der Waals surface area contributed by atoms with Crippen molar-refractivity contribution in [1.29, 1.82) is 0 Å². The van der Waals surface area contributed by atoms with E-state index in [0.29, 0.717) is 13.1 Å². The number of ether oxygens (including phenoxy) is 1. The number of aryl methyl sites for hydroxylation is 1. The highest BCUT2D eigenvalue weighted by Crippen LogP contribution is 2.30. The lowest BCUT2D eigenvalue weighted by atomic mass is 10.2. The van der Waals surface area contributed by atoms with Gasteiger partial charge in [0, 0.05) is 26.2 Å². The van der Waals surface area contributed by atoms with E-state index in [0.717, 1.165) is 35.6 Å². The summed E-state index contributed by atoms with van der Waals surface area (Å²) in [5.74, 6) is 3.26. The van der Waals surface area contributed by atoms with Crippen molar-refractivity contribution in [3.8, 4) is 5.75 Å². The molecule has 25 heavy (non-hydrogen) atoms. The summed E-state index contributed by atoms with van der Waals surface area (Å²) >= 11 is 0. The van der Waals surface area contributed by atoms with Gasteiger partial charge in [-0.2, -0.15) is 0 Å². The molecule has 136 valence electrons. The van der Waals surface area contributed by atoms with E-state index in [9.17, 15) is 0 Å². The maximum Gasteiger partial charge on any atom is 0.191 e. The summed E-state index contributed by atoms with van der Waals surface area (Å²) in [5.41, 5.74) is 1.12. The molecular formula is C17H25IN6O. The minimum atomic E-state index is 0. The van der Waals surface area contributed by atoms with Gasteiger partial charge in [0.1, 0.15) is 12.1 Å². The molecule has 1 aliphatic rings. The minimum absolute atomic E-state index is 0. The average Bonchev–Trinajstić information content (AvgIpc) is 3.35. The van der Waals surface area contributed by atoms with Gasteiger partial charge in [-0.25, -0.2) is 0 Å². The third kappa shape index (κ3) is 5.87. The van der Waals surface area contributed by atoms with Gasteiger partial charge in [-0.1, -0.05) is 18.2 Å². The van der Waals surface area contributed by atoms with Gasteiger partial charge in [0.2, 0.25) is 0 Å². The molecule has 0 radical (unpaired) electrons. The summed E-state index contributed by atoms with van der Waals surface area (Å²) in [6.07, 6.45) is 4.26. The largest absolute Gasteiger partial charge is 0.493 e. The normalized spacial score (nSPS) is 13.9. The van der Waals surface area contributed by atoms with Gasteiger partial charge >= 0.3 is 0 Å². The fraction of sp³-hybridized carbons (Fsp3) is 0.471. The second kappa shape index (κ2) is 9.59. The number of guanidine groups is 1. The Morgan fingerprint density at radius 3 is 2.72 bits per heavy atom. The molecule has 8 heteroatoms. The molecule has 7 nitrogen and oxygen atoms in total. The molecule has 2 N–H and O–H groups in total. The second-order valence-electron chi connectivity index (χ2n) is 6.00. The van der Waals surface area contributed by atoms with E-state index in [1.54, 1.807) is 13.4 Å². The predicted molar refractivity (Wildman–Crippen MR) is 108 cm³/mol. The number of rotatable bonds is 7. The van der Waals surface area contributed by atoms with Crippen molar-refractivity contribution in [2.45, 2.75) is 25.9 Å². The molecule has 1 heterocycles. The monoisotopic (exact) mass is 456 g/mol. The molecule has 0 amide bonds. The summed E-state index contributed by atoms with van der Waals surface area (Å²) in [7, 11) is 3.67. The van der Waals surface area contributed by atoms with Crippen LogP contribution in [0.5, 0.6) is 5.75 Å². The molecule has 1 aromatic carbocycles. The zero-order valence-corrected chi connectivity index (χ0v) is 16.9. The number of para-hydroxylation sites is 1. The lowest BCUT2D eigenvalue weighted by Crippen LogP contribution is -2.37. The Hall–Kier alpha value is -1.84. The first kappa shape index (κ1) is 19.5. The van der Waals surface area contributed by atoms with Crippen LogP contribution < -0.4 is 15.4 Å². The molecule has 0 spiro atoms. The molecule has 2 aromatic rings. The summed E-state index contributed by atoms with van der Waals surface area (Å²) in [4.78, 5) is 4.24. The van der Waals surface area contributed by atoms with Crippen LogP contribution in [0.1, 0.15) is 24.2 Å². The highest BCUT2D eigenvalue weighted by molar-refractivity contribution is 14.0. The quantitative estimate of drug-likeness (QED) is 0.379. The van der Waals surface area contributed by atoms with Gasteiger partial charge in [0.05, 0.1) is 13.2 Å². The molecule has 1 aliphatic carbocycles. The SMILES string of the molecule is CN=C(NCc1ccccc1OCC1CC1)NCc1nncn1C.I. The van der Waals surface area contributed by atoms with Gasteiger partial charge in [0.15, 0.2) is 11.8 Å². The van der Waals surface area contributed by atoms with Gasteiger partial charge in [0.25, 0.3) is 0 Å². The van der Waals surface area contributed by atoms with Crippen molar-refractivity contribution in [3.05, 3.63) is 42.0 Å². The number of aromatic nitrogens is 3. The second-order valence-corrected chi connectivity index (χ2v) is 6.00. The van der Waals surface area contributed by atoms with E-state index in [1.165, 1.54) is 12.8 Å². The zero-order valence-electron chi connectivity index (χ0n) is 14.6. The van der Waals surface area contributed by atoms with E-state index in [2.05, 4.69) is 31.9 Å². The zero-order chi connectivity index (χ0) is 16.8. The Balaban J connectivity index is 0.00000225. The lowest BCUT2D eigenvalue weighted by Gasteiger charge is -2.14. The Kier molecular flexibility index (Phi) is 7.48. The maximum atomic E-state index is 5.94. The first-order valence-corrected chi connectivity index (χ1v) is 8.24. The maximum absolute atomic E-state index is 5.94. The Morgan fingerprint density at radius 2 is 2.04 bits per heavy atom. The van der Waals surface area contributed by atoms with E-state index < -0.39 is 0 Å². The van der Waals surface area contributed by atoms with Crippen LogP contribution in [0.4, 0.5) is 0 Å². The minimum Gasteiger partial charge on any atom is -0.493 e. The van der Waals surface area contributed by atoms with Crippen LogP contribution in [0, 0.1) is 5.92 Å². The number of halogens is 1. The Bertz CT molecular complexity index is 698. The van der Waals surface area contributed by atoms with Crippen LogP contribution in [-0.4, -0.2) is 34.4 Å². The first-order valence-electron chi connectivity index (χ1n) is 8.24. The topological polar surface area (TPSA) is 76.4 Å². The van der Waals surface area contributed by atoms with E-state index >= 15 is 0 Å². The van der Waals surface area contributed by atoms with Gasteiger partial charge < -0.3 is 19.9 Å². The van der Waals surface area contributed by atoms with Gasteiger partial charge in [-0.15, -0.1) is 34.2 Å². The summed E-state index contributed by atoms with van der Waals surface area (Å²) in [6.45, 7) is 2.03. The van der Waals surface area contributed by atoms with Crippen LogP contribution in [0.3, 0.4) is 0 Å². The average molecular weight is 456 g/mol. The van der Waals surface area contributed by atoms with E-state index in [-0.39, 0.29) is 24.0 Å². The Morgan fingerprint density at radius 1 is 1.28 bits per heavy atom. The first-order chi connectivity index (χ1) is 11.8. The number of nitrogens with one attached hydrogen (secondary N) is 2. The van der Waals surface area contributed by atoms with Gasteiger partial charge in [-0.3, -0.25) is 4.99 Å². The van der Waals surface area contributed by atoms with Crippen LogP contribution in [-0.2, 0) is 20.1 Å². The molecule has 0 saturated heterocycles. The smallest absolute Gasteiger partial charge is 0.191 e. The molecule has 1 fully saturated rings. The summed E-state index contributed by atoms with van der Waals surface area (Å²) in [6, 6.07) is 8.13. The van der Waals surface area contributed by atoms with Crippen LogP contribution >= 0.6 is 24.0 Å². The highest BCUT2D eigenvalue weighted by Gasteiger charge is 2.22. The van der Waals surface area contributed by atoms with Crippen molar-refractivity contribution in [2.75, 3.05) is 13.7 Å². The molecule has 3 rings (SSSR count). The number of benzene rings is 1. The number of nitrogens with zero attached hydrogens (tertiary/aromatic N) is 4. The molecule has 1 saturated carbocycles. The van der Waals surface area contributed by atoms with Crippen molar-refractivity contribution in [1.82, 2.24) is 25.4 Å². The van der Waals surface area contributed by atoms with E-state index in [4.69, 9.17) is 4.74 Å². The fourth-order valence-corrected chi connectivity index (χ4v) is 2.31. The van der Waals surface area contributed by atoms with E-state index in [1.807, 2.05) is 29.8 Å². The molecule has 0 atom stereocenters. The molecule has 0 bridgehead atoms. The highest BCUT2D eigenvalue weighted by atomic mass is 127. The third-order valence-corrected chi connectivity index (χ3v) is 4.03. The molecule has 0 aliphatic heterocycles. The third-order valence-electron chi connectivity index (χ3n) is 4.03. The van der Waals surface area contributed by atoms with Crippen LogP contribution in [0.15, 0.2) is 35.6 Å².